The van der Waals surface area contributed by atoms with Crippen LogP contribution in [0.25, 0.3) is 10.9 Å². The first-order valence-corrected chi connectivity index (χ1v) is 12.3. The highest BCUT2D eigenvalue weighted by Crippen LogP contribution is 2.34. The highest BCUT2D eigenvalue weighted by atomic mass is 79.9. The molecule has 1 amide bonds. The van der Waals surface area contributed by atoms with Gasteiger partial charge in [-0.3, -0.25) is 4.79 Å². The number of H-pyrrole nitrogens is 1. The molecule has 4 nitrogen and oxygen atoms in total. The van der Waals surface area contributed by atoms with Crippen molar-refractivity contribution >= 4 is 32.7 Å². The second kappa shape index (κ2) is 9.17. The number of halogens is 1. The Morgan fingerprint density at radius 3 is 2.65 bits per heavy atom. The van der Waals surface area contributed by atoms with Crippen LogP contribution in [-0.4, -0.2) is 52.9 Å². The van der Waals surface area contributed by atoms with Gasteiger partial charge in [0, 0.05) is 40.6 Å². The monoisotopic (exact) mass is 479 g/mol. The number of carbonyl (C=O) groups excluding carboxylic acids is 1. The van der Waals surface area contributed by atoms with Gasteiger partial charge in [-0.1, -0.05) is 46.3 Å². The van der Waals surface area contributed by atoms with Crippen molar-refractivity contribution in [3.05, 3.63) is 70.3 Å². The van der Waals surface area contributed by atoms with Gasteiger partial charge in [0.2, 0.25) is 5.91 Å². The number of nitrogens with zero attached hydrogens (tertiary/aromatic N) is 2. The molecule has 1 N–H and O–H groups in total. The van der Waals surface area contributed by atoms with Gasteiger partial charge in [-0.2, -0.15) is 0 Å². The number of carbonyl (C=O) groups is 1. The standard InChI is InChI=1S/C26H30BrN3O/c27-21-10-11-24-23(16-21)20(17-28-24)15-26(31)30-14-6-9-22(19-7-2-1-3-8-19)25(30)18-29-12-4-5-13-29/h1-3,7-8,10-11,16-17,22,25,28H,4-6,9,12-15,18H2/t22-,25+/m1/s1. The molecule has 0 radical (unpaired) electrons. The minimum Gasteiger partial charge on any atom is -0.361 e. The van der Waals surface area contributed by atoms with E-state index < -0.39 is 0 Å². The van der Waals surface area contributed by atoms with E-state index in [4.69, 9.17) is 0 Å². The molecule has 3 heterocycles. The van der Waals surface area contributed by atoms with E-state index in [9.17, 15) is 4.79 Å². The van der Waals surface area contributed by atoms with E-state index in [0.29, 0.717) is 12.3 Å². The van der Waals surface area contributed by atoms with Gasteiger partial charge in [-0.05, 0) is 68.1 Å². The molecule has 2 saturated heterocycles. The number of hydrogen-bond acceptors (Lipinski definition) is 2. The van der Waals surface area contributed by atoms with Gasteiger partial charge >= 0.3 is 0 Å². The highest BCUT2D eigenvalue weighted by Gasteiger charge is 2.36. The lowest BCUT2D eigenvalue weighted by molar-refractivity contribution is -0.135. The summed E-state index contributed by atoms with van der Waals surface area (Å²) in [5.41, 5.74) is 3.55. The predicted molar refractivity (Wildman–Crippen MR) is 129 cm³/mol. The molecule has 5 heteroatoms. The minimum atomic E-state index is 0.249. The van der Waals surface area contributed by atoms with Gasteiger partial charge in [0.1, 0.15) is 0 Å². The van der Waals surface area contributed by atoms with E-state index >= 15 is 0 Å². The van der Waals surface area contributed by atoms with E-state index in [1.54, 1.807) is 0 Å². The summed E-state index contributed by atoms with van der Waals surface area (Å²) in [4.78, 5) is 21.7. The number of nitrogens with one attached hydrogen (secondary N) is 1. The molecule has 3 aromatic rings. The van der Waals surface area contributed by atoms with Crippen molar-refractivity contribution in [1.82, 2.24) is 14.8 Å². The van der Waals surface area contributed by atoms with E-state index in [1.165, 1.54) is 18.4 Å². The molecule has 1 aromatic heterocycles. The summed E-state index contributed by atoms with van der Waals surface area (Å²) in [5.74, 6) is 0.669. The van der Waals surface area contributed by atoms with Crippen molar-refractivity contribution in [2.24, 2.45) is 0 Å². The third-order valence-electron chi connectivity index (χ3n) is 7.04. The molecule has 2 atom stereocenters. The number of hydrogen-bond donors (Lipinski definition) is 1. The van der Waals surface area contributed by atoms with Gasteiger partial charge in [-0.15, -0.1) is 0 Å². The summed E-state index contributed by atoms with van der Waals surface area (Å²) in [7, 11) is 0. The molecule has 2 aliphatic rings. The average Bonchev–Trinajstić information content (AvgIpc) is 3.44. The Morgan fingerprint density at radius 2 is 1.84 bits per heavy atom. The summed E-state index contributed by atoms with van der Waals surface area (Å²) in [6.45, 7) is 4.19. The number of likely N-dealkylation sites (tertiary alicyclic amines) is 2. The zero-order valence-corrected chi connectivity index (χ0v) is 19.5. The summed E-state index contributed by atoms with van der Waals surface area (Å²) in [6.07, 6.45) is 7.24. The van der Waals surface area contributed by atoms with Gasteiger partial charge in [0.25, 0.3) is 0 Å². The second-order valence-corrected chi connectivity index (χ2v) is 9.92. The van der Waals surface area contributed by atoms with Crippen LogP contribution < -0.4 is 0 Å². The van der Waals surface area contributed by atoms with Crippen molar-refractivity contribution in [3.63, 3.8) is 0 Å². The first-order valence-electron chi connectivity index (χ1n) is 11.5. The molecule has 0 bridgehead atoms. The maximum absolute atomic E-state index is 13.6. The Bertz CT molecular complexity index is 1040. The van der Waals surface area contributed by atoms with Crippen molar-refractivity contribution in [3.8, 4) is 0 Å². The van der Waals surface area contributed by atoms with Crippen LogP contribution in [-0.2, 0) is 11.2 Å². The third kappa shape index (κ3) is 4.44. The van der Waals surface area contributed by atoms with E-state index in [0.717, 1.165) is 60.0 Å². The van der Waals surface area contributed by atoms with Crippen molar-refractivity contribution in [2.45, 2.75) is 44.1 Å². The summed E-state index contributed by atoms with van der Waals surface area (Å²) in [6, 6.07) is 17.3. The zero-order chi connectivity index (χ0) is 21.2. The Kier molecular flexibility index (Phi) is 6.15. The lowest BCUT2D eigenvalue weighted by Gasteiger charge is -2.43. The lowest BCUT2D eigenvalue weighted by Crippen LogP contribution is -2.52. The summed E-state index contributed by atoms with van der Waals surface area (Å²) in [5, 5.41) is 1.13. The van der Waals surface area contributed by atoms with Crippen LogP contribution in [0.1, 0.15) is 42.7 Å². The Morgan fingerprint density at radius 1 is 1.03 bits per heavy atom. The third-order valence-corrected chi connectivity index (χ3v) is 7.54. The molecule has 0 spiro atoms. The lowest BCUT2D eigenvalue weighted by atomic mass is 9.82. The van der Waals surface area contributed by atoms with Crippen LogP contribution in [0.15, 0.2) is 59.2 Å². The van der Waals surface area contributed by atoms with Crippen LogP contribution in [0.2, 0.25) is 0 Å². The van der Waals surface area contributed by atoms with Gasteiger partial charge < -0.3 is 14.8 Å². The Balaban J connectivity index is 1.41. The largest absolute Gasteiger partial charge is 0.361 e. The molecule has 0 unspecified atom stereocenters. The molecule has 2 fully saturated rings. The molecule has 5 rings (SSSR count). The maximum Gasteiger partial charge on any atom is 0.227 e. The summed E-state index contributed by atoms with van der Waals surface area (Å²) < 4.78 is 1.04. The van der Waals surface area contributed by atoms with E-state index in [2.05, 4.69) is 73.2 Å². The Hall–Kier alpha value is -2.11. The molecule has 2 aromatic carbocycles. The first kappa shape index (κ1) is 20.8. The highest BCUT2D eigenvalue weighted by molar-refractivity contribution is 9.10. The van der Waals surface area contributed by atoms with Gasteiger partial charge in [0.15, 0.2) is 0 Å². The number of fused-ring (bicyclic) bond motifs is 1. The number of aromatic nitrogens is 1. The topological polar surface area (TPSA) is 39.3 Å². The molecule has 31 heavy (non-hydrogen) atoms. The zero-order valence-electron chi connectivity index (χ0n) is 17.9. The average molecular weight is 480 g/mol. The van der Waals surface area contributed by atoms with Gasteiger partial charge in [-0.25, -0.2) is 0 Å². The normalized spacial score (nSPS) is 22.3. The van der Waals surface area contributed by atoms with Crippen LogP contribution in [0.3, 0.4) is 0 Å². The fraction of sp³-hybridized carbons (Fsp3) is 0.423. The predicted octanol–water partition coefficient (Wildman–Crippen LogP) is 5.34. The molecular formula is C26H30BrN3O. The quantitative estimate of drug-likeness (QED) is 0.535. The van der Waals surface area contributed by atoms with Crippen molar-refractivity contribution < 1.29 is 4.79 Å². The molecule has 0 aliphatic carbocycles. The Labute approximate surface area is 192 Å². The summed E-state index contributed by atoms with van der Waals surface area (Å²) >= 11 is 3.57. The number of rotatable bonds is 5. The number of piperidine rings is 1. The van der Waals surface area contributed by atoms with Crippen LogP contribution >= 0.6 is 15.9 Å². The van der Waals surface area contributed by atoms with Crippen molar-refractivity contribution in [1.29, 1.82) is 0 Å². The van der Waals surface area contributed by atoms with Crippen LogP contribution in [0, 0.1) is 0 Å². The van der Waals surface area contributed by atoms with Gasteiger partial charge in [0.05, 0.1) is 12.5 Å². The number of benzene rings is 2. The molecule has 0 saturated carbocycles. The molecular weight excluding hydrogens is 450 g/mol. The van der Waals surface area contributed by atoms with Crippen molar-refractivity contribution in [2.75, 3.05) is 26.2 Å². The maximum atomic E-state index is 13.6. The first-order chi connectivity index (χ1) is 15.2. The number of aromatic amines is 1. The van der Waals surface area contributed by atoms with E-state index in [-0.39, 0.29) is 11.9 Å². The molecule has 162 valence electrons. The van der Waals surface area contributed by atoms with E-state index in [1.807, 2.05) is 12.3 Å². The van der Waals surface area contributed by atoms with Crippen LogP contribution in [0.4, 0.5) is 0 Å². The fourth-order valence-electron chi connectivity index (χ4n) is 5.47. The minimum absolute atomic E-state index is 0.249. The number of amides is 1. The molecule has 2 aliphatic heterocycles. The SMILES string of the molecule is O=C(Cc1c[nH]c2ccc(Br)cc12)N1CCC[C@H](c2ccccc2)[C@@H]1CN1CCCC1. The second-order valence-electron chi connectivity index (χ2n) is 9.00. The van der Waals surface area contributed by atoms with Crippen LogP contribution in [0.5, 0.6) is 0 Å². The smallest absolute Gasteiger partial charge is 0.227 e. The fourth-order valence-corrected chi connectivity index (χ4v) is 5.83.